The van der Waals surface area contributed by atoms with E-state index in [1.165, 1.54) is 5.39 Å². The minimum Gasteiger partial charge on any atom is -0.361 e. The van der Waals surface area contributed by atoms with Crippen molar-refractivity contribution >= 4 is 22.7 Å². The van der Waals surface area contributed by atoms with Gasteiger partial charge >= 0.3 is 0 Å². The third-order valence-corrected chi connectivity index (χ3v) is 3.82. The third-order valence-electron chi connectivity index (χ3n) is 3.82. The molecule has 6 heteroatoms. The molecule has 6 nitrogen and oxygen atoms in total. The molecule has 1 aromatic carbocycles. The SMILES string of the molecule is O=C(CCCCCNC(=O)CCc1c[nH]c2ccccc12)NO. The maximum atomic E-state index is 11.8. The van der Waals surface area contributed by atoms with Gasteiger partial charge < -0.3 is 10.3 Å². The first-order chi connectivity index (χ1) is 11.2. The van der Waals surface area contributed by atoms with E-state index in [1.54, 1.807) is 5.48 Å². The fourth-order valence-corrected chi connectivity index (χ4v) is 2.55. The van der Waals surface area contributed by atoms with Gasteiger partial charge in [-0.05, 0) is 30.9 Å². The fraction of sp³-hybridized carbons (Fsp3) is 0.412. The molecule has 0 fully saturated rings. The maximum absolute atomic E-state index is 11.8. The normalized spacial score (nSPS) is 10.7. The van der Waals surface area contributed by atoms with E-state index < -0.39 is 0 Å². The van der Waals surface area contributed by atoms with Gasteiger partial charge in [-0.25, -0.2) is 5.48 Å². The molecule has 2 rings (SSSR count). The van der Waals surface area contributed by atoms with Gasteiger partial charge in [-0.3, -0.25) is 14.8 Å². The molecule has 124 valence electrons. The van der Waals surface area contributed by atoms with Crippen LogP contribution in [0.2, 0.25) is 0 Å². The highest BCUT2D eigenvalue weighted by atomic mass is 16.5. The number of carbonyl (C=O) groups excluding carboxylic acids is 2. The van der Waals surface area contributed by atoms with Gasteiger partial charge in [0.15, 0.2) is 0 Å². The number of aromatic amines is 1. The summed E-state index contributed by atoms with van der Waals surface area (Å²) in [5.74, 6) is -0.323. The second-order valence-electron chi connectivity index (χ2n) is 5.56. The Kier molecular flexibility index (Phi) is 6.62. The van der Waals surface area contributed by atoms with Crippen LogP contribution in [-0.2, 0) is 16.0 Å². The molecule has 0 bridgehead atoms. The minimum absolute atomic E-state index is 0.0448. The summed E-state index contributed by atoms with van der Waals surface area (Å²) < 4.78 is 0. The number of unbranched alkanes of at least 4 members (excludes halogenated alkanes) is 2. The fourth-order valence-electron chi connectivity index (χ4n) is 2.55. The number of aromatic nitrogens is 1. The Hall–Kier alpha value is -2.34. The van der Waals surface area contributed by atoms with Gasteiger partial charge in [0.2, 0.25) is 11.8 Å². The summed E-state index contributed by atoms with van der Waals surface area (Å²) in [6.45, 7) is 0.619. The molecular weight excluding hydrogens is 294 g/mol. The molecule has 0 atom stereocenters. The van der Waals surface area contributed by atoms with Crippen LogP contribution in [0, 0.1) is 0 Å². The molecule has 0 unspecified atom stereocenters. The number of fused-ring (bicyclic) bond motifs is 1. The summed E-state index contributed by atoms with van der Waals surface area (Å²) in [6, 6.07) is 8.06. The molecule has 0 spiro atoms. The standard InChI is InChI=1S/C17H23N3O3/c21-16(18-11-5-1-2-8-17(22)20-23)10-9-13-12-19-15-7-4-3-6-14(13)15/h3-4,6-7,12,19,23H,1-2,5,8-11H2,(H,18,21)(H,20,22). The van der Waals surface area contributed by atoms with Crippen LogP contribution in [-0.4, -0.2) is 28.6 Å². The zero-order valence-electron chi connectivity index (χ0n) is 13.1. The number of benzene rings is 1. The number of carbonyl (C=O) groups is 2. The van der Waals surface area contributed by atoms with Crippen LogP contribution in [0.15, 0.2) is 30.5 Å². The van der Waals surface area contributed by atoms with Crippen LogP contribution in [0.1, 0.15) is 37.7 Å². The second-order valence-corrected chi connectivity index (χ2v) is 5.56. The lowest BCUT2D eigenvalue weighted by Crippen LogP contribution is -2.24. The van der Waals surface area contributed by atoms with Crippen molar-refractivity contribution < 1.29 is 14.8 Å². The summed E-state index contributed by atoms with van der Waals surface area (Å²) in [6.07, 6.45) is 5.84. The Balaban J connectivity index is 1.61. The number of H-pyrrole nitrogens is 1. The zero-order valence-corrected chi connectivity index (χ0v) is 13.1. The van der Waals surface area contributed by atoms with Crippen molar-refractivity contribution in [3.05, 3.63) is 36.0 Å². The number of para-hydroxylation sites is 1. The lowest BCUT2D eigenvalue weighted by molar-refractivity contribution is -0.129. The van der Waals surface area contributed by atoms with Crippen molar-refractivity contribution in [2.45, 2.75) is 38.5 Å². The van der Waals surface area contributed by atoms with E-state index >= 15 is 0 Å². The Labute approximate surface area is 135 Å². The summed E-state index contributed by atoms with van der Waals surface area (Å²) in [5.41, 5.74) is 3.86. The summed E-state index contributed by atoms with van der Waals surface area (Å²) in [7, 11) is 0. The number of hydrogen-bond donors (Lipinski definition) is 4. The molecule has 0 saturated heterocycles. The molecule has 1 heterocycles. The quantitative estimate of drug-likeness (QED) is 0.325. The molecule has 2 aromatic rings. The first-order valence-electron chi connectivity index (χ1n) is 7.95. The second kappa shape index (κ2) is 8.95. The van der Waals surface area contributed by atoms with Crippen molar-refractivity contribution in [1.29, 1.82) is 0 Å². The van der Waals surface area contributed by atoms with Crippen LogP contribution >= 0.6 is 0 Å². The van der Waals surface area contributed by atoms with Gasteiger partial charge in [0, 0.05) is 36.5 Å². The van der Waals surface area contributed by atoms with Gasteiger partial charge in [-0.15, -0.1) is 0 Å². The van der Waals surface area contributed by atoms with E-state index in [-0.39, 0.29) is 11.8 Å². The van der Waals surface area contributed by atoms with E-state index in [0.29, 0.717) is 32.2 Å². The van der Waals surface area contributed by atoms with E-state index in [4.69, 9.17) is 5.21 Å². The minimum atomic E-state index is -0.368. The average Bonchev–Trinajstić information content (AvgIpc) is 2.99. The number of rotatable bonds is 9. The number of aryl methyl sites for hydroxylation is 1. The number of nitrogens with one attached hydrogen (secondary N) is 3. The molecule has 1 aromatic heterocycles. The molecule has 0 radical (unpaired) electrons. The Bertz CT molecular complexity index is 651. The van der Waals surface area contributed by atoms with Gasteiger partial charge in [0.05, 0.1) is 0 Å². The molecular formula is C17H23N3O3. The first-order valence-corrected chi connectivity index (χ1v) is 7.95. The summed E-state index contributed by atoms with van der Waals surface area (Å²) in [4.78, 5) is 25.9. The molecule has 4 N–H and O–H groups in total. The number of hydroxylamine groups is 1. The Morgan fingerprint density at radius 2 is 1.87 bits per heavy atom. The van der Waals surface area contributed by atoms with Gasteiger partial charge in [0.25, 0.3) is 0 Å². The van der Waals surface area contributed by atoms with Gasteiger partial charge in [-0.1, -0.05) is 24.6 Å². The molecule has 0 aliphatic heterocycles. The van der Waals surface area contributed by atoms with Crippen LogP contribution in [0.5, 0.6) is 0 Å². The highest BCUT2D eigenvalue weighted by Crippen LogP contribution is 2.18. The van der Waals surface area contributed by atoms with E-state index in [9.17, 15) is 9.59 Å². The first kappa shape index (κ1) is 17.0. The Morgan fingerprint density at radius 1 is 1.04 bits per heavy atom. The molecule has 0 saturated carbocycles. The monoisotopic (exact) mass is 317 g/mol. The van der Waals surface area contributed by atoms with Crippen molar-refractivity contribution in [3.8, 4) is 0 Å². The lowest BCUT2D eigenvalue weighted by atomic mass is 10.1. The van der Waals surface area contributed by atoms with Crippen molar-refractivity contribution in [1.82, 2.24) is 15.8 Å². The van der Waals surface area contributed by atoms with E-state index in [0.717, 1.165) is 23.9 Å². The van der Waals surface area contributed by atoms with E-state index in [2.05, 4.69) is 16.4 Å². The summed E-state index contributed by atoms with van der Waals surface area (Å²) in [5, 5.41) is 12.4. The van der Waals surface area contributed by atoms with Crippen LogP contribution in [0.25, 0.3) is 10.9 Å². The predicted molar refractivity (Wildman–Crippen MR) is 88.0 cm³/mol. The zero-order chi connectivity index (χ0) is 16.5. The molecule has 2 amide bonds. The third kappa shape index (κ3) is 5.41. The van der Waals surface area contributed by atoms with Crippen molar-refractivity contribution in [2.75, 3.05) is 6.54 Å². The van der Waals surface area contributed by atoms with Crippen molar-refractivity contribution in [2.24, 2.45) is 0 Å². The van der Waals surface area contributed by atoms with Gasteiger partial charge in [0.1, 0.15) is 0 Å². The van der Waals surface area contributed by atoms with Crippen molar-refractivity contribution in [3.63, 3.8) is 0 Å². The average molecular weight is 317 g/mol. The molecule has 23 heavy (non-hydrogen) atoms. The number of amides is 2. The number of hydrogen-bond acceptors (Lipinski definition) is 3. The van der Waals surface area contributed by atoms with Crippen LogP contribution in [0.3, 0.4) is 0 Å². The predicted octanol–water partition coefficient (Wildman–Crippen LogP) is 2.28. The summed E-state index contributed by atoms with van der Waals surface area (Å²) >= 11 is 0. The largest absolute Gasteiger partial charge is 0.361 e. The highest BCUT2D eigenvalue weighted by Gasteiger charge is 2.06. The van der Waals surface area contributed by atoms with Crippen LogP contribution < -0.4 is 10.8 Å². The van der Waals surface area contributed by atoms with Gasteiger partial charge in [-0.2, -0.15) is 0 Å². The van der Waals surface area contributed by atoms with E-state index in [1.807, 2.05) is 24.4 Å². The smallest absolute Gasteiger partial charge is 0.243 e. The maximum Gasteiger partial charge on any atom is 0.243 e. The molecule has 0 aliphatic rings. The van der Waals surface area contributed by atoms with Crippen LogP contribution in [0.4, 0.5) is 0 Å². The highest BCUT2D eigenvalue weighted by molar-refractivity contribution is 5.84. The lowest BCUT2D eigenvalue weighted by Gasteiger charge is -2.05. The Morgan fingerprint density at radius 3 is 2.70 bits per heavy atom. The molecule has 0 aliphatic carbocycles. The topological polar surface area (TPSA) is 94.2 Å².